The topological polar surface area (TPSA) is 76.4 Å². The van der Waals surface area contributed by atoms with Crippen LogP contribution in [-0.4, -0.2) is 22.4 Å². The van der Waals surface area contributed by atoms with Gasteiger partial charge in [-0.2, -0.15) is 5.10 Å². The van der Waals surface area contributed by atoms with E-state index in [4.69, 9.17) is 21.1 Å². The Labute approximate surface area is 215 Å². The van der Waals surface area contributed by atoms with Crippen LogP contribution >= 0.6 is 11.6 Å². The van der Waals surface area contributed by atoms with Gasteiger partial charge >= 0.3 is 29.6 Å². The Kier molecular flexibility index (Phi) is 9.80. The van der Waals surface area contributed by atoms with Crippen molar-refractivity contribution in [2.75, 3.05) is 6.61 Å². The molecule has 0 bridgehead atoms. The van der Waals surface area contributed by atoms with Gasteiger partial charge in [-0.3, -0.25) is 4.68 Å². The number of halogens is 1. The Balaban J connectivity index is 0.00000363. The average Bonchev–Trinajstić information content (AvgIpc) is 2.99. The molecule has 1 heterocycles. The molecule has 0 amide bonds. The molecule has 0 aliphatic rings. The molecule has 0 radical (unpaired) electrons. The monoisotopic (exact) mass is 464 g/mol. The molecule has 1 aromatic heterocycles. The van der Waals surface area contributed by atoms with E-state index in [0.29, 0.717) is 24.0 Å². The first-order valence-corrected chi connectivity index (χ1v) is 10.5. The predicted octanol–water partition coefficient (Wildman–Crippen LogP) is 1.16. The van der Waals surface area contributed by atoms with Crippen molar-refractivity contribution in [1.29, 1.82) is 0 Å². The minimum atomic E-state index is -1.14. The Hall–Kier alpha value is -1.83. The molecule has 3 aromatic rings. The number of carboxylic acid groups (broad SMARTS) is 1. The maximum atomic E-state index is 11.0. The smallest absolute Gasteiger partial charge is 0.550 e. The molecule has 0 saturated heterocycles. The van der Waals surface area contributed by atoms with Crippen LogP contribution in [0.25, 0.3) is 11.1 Å². The number of aromatic nitrogens is 2. The fraction of sp³-hybridized carbons (Fsp3) is 0.333. The second-order valence-corrected chi connectivity index (χ2v) is 7.77. The maximum absolute atomic E-state index is 11.0. The van der Waals surface area contributed by atoms with Crippen molar-refractivity contribution in [1.82, 2.24) is 9.78 Å². The Morgan fingerprint density at radius 2 is 1.88 bits per heavy atom. The van der Waals surface area contributed by atoms with Crippen molar-refractivity contribution < 1.29 is 48.9 Å². The first kappa shape index (κ1) is 26.4. The van der Waals surface area contributed by atoms with E-state index in [1.165, 1.54) is 0 Å². The number of benzene rings is 2. The van der Waals surface area contributed by atoms with Gasteiger partial charge in [-0.1, -0.05) is 29.8 Å². The summed E-state index contributed by atoms with van der Waals surface area (Å²) in [5.41, 5.74) is 5.70. The van der Waals surface area contributed by atoms with Gasteiger partial charge in [0.15, 0.2) is 0 Å². The predicted molar refractivity (Wildman–Crippen MR) is 118 cm³/mol. The average molecular weight is 465 g/mol. The van der Waals surface area contributed by atoms with Crippen LogP contribution in [0.5, 0.6) is 5.75 Å². The second-order valence-electron chi connectivity index (χ2n) is 7.36. The molecule has 0 saturated carbocycles. The van der Waals surface area contributed by atoms with Crippen molar-refractivity contribution >= 4 is 17.6 Å². The van der Waals surface area contributed by atoms with Gasteiger partial charge in [0.2, 0.25) is 0 Å². The number of aryl methyl sites for hydroxylation is 2. The van der Waals surface area contributed by atoms with E-state index >= 15 is 0 Å². The van der Waals surface area contributed by atoms with Crippen LogP contribution in [0, 0.1) is 13.8 Å². The van der Waals surface area contributed by atoms with Crippen molar-refractivity contribution in [3.8, 4) is 16.9 Å². The molecule has 3 rings (SSSR count). The number of nitrogens with zero attached hydrogens (tertiary/aromatic N) is 2. The molecule has 6 nitrogen and oxygen atoms in total. The van der Waals surface area contributed by atoms with Gasteiger partial charge in [-0.15, -0.1) is 0 Å². The second kappa shape index (κ2) is 11.9. The third kappa shape index (κ3) is 6.36. The fourth-order valence-electron chi connectivity index (χ4n) is 3.59. The van der Waals surface area contributed by atoms with Crippen molar-refractivity contribution in [2.24, 2.45) is 7.05 Å². The van der Waals surface area contributed by atoms with E-state index in [2.05, 4.69) is 5.10 Å². The third-order valence-corrected chi connectivity index (χ3v) is 5.52. The summed E-state index contributed by atoms with van der Waals surface area (Å²) >= 11 is 6.47. The van der Waals surface area contributed by atoms with E-state index in [1.807, 2.05) is 75.0 Å². The van der Waals surface area contributed by atoms with Crippen LogP contribution in [0.1, 0.15) is 42.0 Å². The molecule has 0 N–H and O–H groups in total. The largest absolute Gasteiger partial charge is 1.00 e. The van der Waals surface area contributed by atoms with E-state index in [-0.39, 0.29) is 36.0 Å². The Morgan fingerprint density at radius 1 is 1.19 bits per heavy atom. The normalized spacial score (nSPS) is 11.7. The fourth-order valence-corrected chi connectivity index (χ4v) is 3.80. The number of carbonyl (C=O) groups excluding carboxylic acids is 1. The SMILES string of the molecule is CCO[C@@H](CC(=O)[O-])c1ccc(OCc2ccc(Cl)c(-c3c(C)nn(C)c3C)c2)cc1.[Na+]. The van der Waals surface area contributed by atoms with Gasteiger partial charge in [-0.05, 0) is 56.2 Å². The van der Waals surface area contributed by atoms with Crippen LogP contribution in [0.3, 0.4) is 0 Å². The van der Waals surface area contributed by atoms with E-state index in [1.54, 1.807) is 0 Å². The third-order valence-electron chi connectivity index (χ3n) is 5.19. The first-order valence-electron chi connectivity index (χ1n) is 10.1. The minimum absolute atomic E-state index is 0. The van der Waals surface area contributed by atoms with Gasteiger partial charge in [0.05, 0.1) is 11.8 Å². The summed E-state index contributed by atoms with van der Waals surface area (Å²) in [6, 6.07) is 13.1. The zero-order chi connectivity index (χ0) is 22.5. The van der Waals surface area contributed by atoms with Gasteiger partial charge in [-0.25, -0.2) is 0 Å². The molecule has 1 atom stereocenters. The van der Waals surface area contributed by atoms with Gasteiger partial charge in [0, 0.05) is 47.9 Å². The molecule has 2 aromatic carbocycles. The van der Waals surface area contributed by atoms with Gasteiger partial charge < -0.3 is 19.4 Å². The number of hydrogen-bond donors (Lipinski definition) is 0. The number of carbonyl (C=O) groups is 1. The quantitative estimate of drug-likeness (QED) is 0.444. The molecule has 0 fully saturated rings. The maximum Gasteiger partial charge on any atom is 1.00 e. The summed E-state index contributed by atoms with van der Waals surface area (Å²) in [6.45, 7) is 6.61. The molecule has 0 aliphatic carbocycles. The van der Waals surface area contributed by atoms with E-state index < -0.39 is 12.1 Å². The zero-order valence-corrected chi connectivity index (χ0v) is 21.9. The van der Waals surface area contributed by atoms with E-state index in [9.17, 15) is 9.90 Å². The summed E-state index contributed by atoms with van der Waals surface area (Å²) in [5, 5.41) is 16.1. The van der Waals surface area contributed by atoms with Crippen LogP contribution in [0.4, 0.5) is 0 Å². The zero-order valence-electron chi connectivity index (χ0n) is 19.1. The summed E-state index contributed by atoms with van der Waals surface area (Å²) in [5.74, 6) is -0.464. The van der Waals surface area contributed by atoms with Gasteiger partial charge in [0.25, 0.3) is 0 Å². The summed E-state index contributed by atoms with van der Waals surface area (Å²) in [6.07, 6.45) is -0.719. The molecule has 8 heteroatoms. The van der Waals surface area contributed by atoms with Crippen LogP contribution in [0.2, 0.25) is 5.02 Å². The number of hydrogen-bond acceptors (Lipinski definition) is 5. The molecule has 32 heavy (non-hydrogen) atoms. The van der Waals surface area contributed by atoms with Crippen LogP contribution in [-0.2, 0) is 23.2 Å². The van der Waals surface area contributed by atoms with Gasteiger partial charge in [0.1, 0.15) is 12.4 Å². The number of carboxylic acids is 1. The molecule has 0 spiro atoms. The van der Waals surface area contributed by atoms with E-state index in [0.717, 1.165) is 33.6 Å². The van der Waals surface area contributed by atoms with Crippen LogP contribution < -0.4 is 39.4 Å². The van der Waals surface area contributed by atoms with Crippen molar-refractivity contribution in [3.63, 3.8) is 0 Å². The summed E-state index contributed by atoms with van der Waals surface area (Å²) in [4.78, 5) is 11.0. The standard InChI is InChI=1S/C24H27ClN2O4.Na/c1-5-30-22(13-23(28)29)18-7-9-19(10-8-18)31-14-17-6-11-21(25)20(12-17)24-15(2)26-27(4)16(24)3;/h6-12,22H,5,13-14H2,1-4H3,(H,28,29);/q;+1/p-1/t22-;/m0./s1. The van der Waals surface area contributed by atoms with Crippen LogP contribution in [0.15, 0.2) is 42.5 Å². The van der Waals surface area contributed by atoms with Crippen molar-refractivity contribution in [3.05, 3.63) is 70.0 Å². The molecular weight excluding hydrogens is 439 g/mol. The van der Waals surface area contributed by atoms with Crippen molar-refractivity contribution in [2.45, 2.75) is 39.9 Å². The number of aliphatic carboxylic acids is 1. The Bertz CT molecular complexity index is 1070. The molecular formula is C24H26ClN2NaO4. The Morgan fingerprint density at radius 3 is 2.44 bits per heavy atom. The number of ether oxygens (including phenoxy) is 2. The molecule has 0 unspecified atom stereocenters. The first-order chi connectivity index (χ1) is 14.8. The number of rotatable bonds is 9. The molecule has 164 valence electrons. The summed E-state index contributed by atoms with van der Waals surface area (Å²) < 4.78 is 13.3. The molecule has 0 aliphatic heterocycles. The summed E-state index contributed by atoms with van der Waals surface area (Å²) in [7, 11) is 1.92. The minimum Gasteiger partial charge on any atom is -0.550 e.